The molecule has 2 aromatic rings. The topological polar surface area (TPSA) is 67.8 Å². The van der Waals surface area contributed by atoms with E-state index in [1.165, 1.54) is 11.8 Å². The first-order valence-electron chi connectivity index (χ1n) is 7.54. The maximum absolute atomic E-state index is 12.2. The first kappa shape index (κ1) is 17.7. The fraction of sp³-hybridized carbons (Fsp3) is 0.167. The minimum atomic E-state index is -0.493. The average Bonchev–Trinajstić information content (AvgIpc) is 2.97. The molecule has 1 N–H and O–H groups in total. The number of hydrogen-bond donors (Lipinski definition) is 1. The molecule has 2 aromatic carbocycles. The minimum absolute atomic E-state index is 0.0860. The molecule has 0 aromatic heterocycles. The van der Waals surface area contributed by atoms with Gasteiger partial charge in [0.2, 0.25) is 5.91 Å². The molecule has 0 saturated carbocycles. The number of carbonyl (C=O) groups is 2. The smallest absolute Gasteiger partial charge is 0.260 e. The molecule has 1 aliphatic rings. The maximum Gasteiger partial charge on any atom is 0.260 e. The van der Waals surface area contributed by atoms with Crippen LogP contribution in [0.25, 0.3) is 0 Å². The Hall–Kier alpha value is -2.12. The summed E-state index contributed by atoms with van der Waals surface area (Å²) in [5.41, 5.74) is 1.54. The van der Waals surface area contributed by atoms with Crippen molar-refractivity contribution in [3.8, 4) is 5.75 Å². The van der Waals surface area contributed by atoms with Gasteiger partial charge in [-0.1, -0.05) is 27.7 Å². The number of halogens is 1. The molecule has 1 atom stereocenters. The quantitative estimate of drug-likeness (QED) is 0.799. The van der Waals surface area contributed by atoms with Gasteiger partial charge in [0.15, 0.2) is 0 Å². The Morgan fingerprint density at radius 3 is 2.52 bits per heavy atom. The van der Waals surface area contributed by atoms with E-state index < -0.39 is 5.25 Å². The van der Waals surface area contributed by atoms with Crippen LogP contribution < -0.4 is 10.1 Å². The molecule has 0 aliphatic carbocycles. The van der Waals surface area contributed by atoms with Gasteiger partial charge < -0.3 is 10.1 Å². The van der Waals surface area contributed by atoms with E-state index in [-0.39, 0.29) is 18.2 Å². The second-order valence-electron chi connectivity index (χ2n) is 5.35. The van der Waals surface area contributed by atoms with E-state index in [4.69, 9.17) is 4.74 Å². The zero-order valence-electron chi connectivity index (χ0n) is 13.4. The molecule has 25 heavy (non-hydrogen) atoms. The van der Waals surface area contributed by atoms with E-state index in [1.54, 1.807) is 19.2 Å². The van der Waals surface area contributed by atoms with Gasteiger partial charge in [-0.3, -0.25) is 9.59 Å². The van der Waals surface area contributed by atoms with Crippen LogP contribution >= 0.6 is 27.7 Å². The highest BCUT2D eigenvalue weighted by Gasteiger charge is 2.31. The van der Waals surface area contributed by atoms with Crippen molar-refractivity contribution in [3.05, 3.63) is 58.6 Å². The Labute approximate surface area is 158 Å². The van der Waals surface area contributed by atoms with Gasteiger partial charge in [-0.2, -0.15) is 0 Å². The predicted molar refractivity (Wildman–Crippen MR) is 103 cm³/mol. The third-order valence-electron chi connectivity index (χ3n) is 3.58. The summed E-state index contributed by atoms with van der Waals surface area (Å²) >= 11 is 4.66. The Balaban J connectivity index is 1.60. The third-order valence-corrected chi connectivity index (χ3v) is 5.31. The number of thioether (sulfide) groups is 1. The molecule has 2 amide bonds. The number of methoxy groups -OCH3 is 1. The van der Waals surface area contributed by atoms with Crippen LogP contribution in [-0.2, 0) is 9.59 Å². The highest BCUT2D eigenvalue weighted by Crippen LogP contribution is 2.30. The summed E-state index contributed by atoms with van der Waals surface area (Å²) in [6, 6.07) is 14.6. The summed E-state index contributed by atoms with van der Waals surface area (Å²) in [6.07, 6.45) is 0.0860. The Morgan fingerprint density at radius 1 is 1.20 bits per heavy atom. The lowest BCUT2D eigenvalue weighted by molar-refractivity contribution is -0.121. The van der Waals surface area contributed by atoms with E-state index in [0.717, 1.165) is 15.8 Å². The highest BCUT2D eigenvalue weighted by atomic mass is 79.9. The molecule has 0 fully saturated rings. The SMILES string of the molecule is COc1ccc(C2=NC(=O)[C@@H](CC(=O)Nc3ccc(Br)cc3)S2)cc1. The van der Waals surface area contributed by atoms with Crippen LogP contribution in [0, 0.1) is 0 Å². The number of benzene rings is 2. The summed E-state index contributed by atoms with van der Waals surface area (Å²) in [5.74, 6) is 0.255. The number of anilines is 1. The number of hydrogen-bond acceptors (Lipinski definition) is 4. The summed E-state index contributed by atoms with van der Waals surface area (Å²) in [7, 11) is 1.60. The summed E-state index contributed by atoms with van der Waals surface area (Å²) in [6.45, 7) is 0. The lowest BCUT2D eigenvalue weighted by atomic mass is 10.2. The summed E-state index contributed by atoms with van der Waals surface area (Å²) < 4.78 is 6.06. The predicted octanol–water partition coefficient (Wildman–Crippen LogP) is 3.88. The average molecular weight is 419 g/mol. The van der Waals surface area contributed by atoms with Crippen molar-refractivity contribution in [2.45, 2.75) is 11.7 Å². The number of carbonyl (C=O) groups excluding carboxylic acids is 2. The molecule has 0 radical (unpaired) electrons. The van der Waals surface area contributed by atoms with Crippen molar-refractivity contribution in [2.75, 3.05) is 12.4 Å². The van der Waals surface area contributed by atoms with Gasteiger partial charge in [0.1, 0.15) is 16.0 Å². The normalized spacial score (nSPS) is 16.5. The van der Waals surface area contributed by atoms with Crippen LogP contribution in [0.2, 0.25) is 0 Å². The van der Waals surface area contributed by atoms with Crippen molar-refractivity contribution in [2.24, 2.45) is 4.99 Å². The second kappa shape index (κ2) is 7.84. The van der Waals surface area contributed by atoms with Crippen LogP contribution in [0.1, 0.15) is 12.0 Å². The molecule has 0 spiro atoms. The van der Waals surface area contributed by atoms with E-state index in [0.29, 0.717) is 10.7 Å². The van der Waals surface area contributed by atoms with Crippen LogP contribution in [0.5, 0.6) is 5.75 Å². The van der Waals surface area contributed by atoms with Crippen LogP contribution in [0.3, 0.4) is 0 Å². The largest absolute Gasteiger partial charge is 0.497 e. The number of amides is 2. The van der Waals surface area contributed by atoms with Gasteiger partial charge in [-0.25, -0.2) is 4.99 Å². The van der Waals surface area contributed by atoms with Gasteiger partial charge >= 0.3 is 0 Å². The Morgan fingerprint density at radius 2 is 1.88 bits per heavy atom. The first-order valence-corrected chi connectivity index (χ1v) is 9.21. The van der Waals surface area contributed by atoms with Gasteiger partial charge in [0.25, 0.3) is 5.91 Å². The van der Waals surface area contributed by atoms with Crippen LogP contribution in [-0.4, -0.2) is 29.2 Å². The zero-order chi connectivity index (χ0) is 17.8. The van der Waals surface area contributed by atoms with E-state index in [9.17, 15) is 9.59 Å². The van der Waals surface area contributed by atoms with Crippen molar-refractivity contribution in [1.29, 1.82) is 0 Å². The van der Waals surface area contributed by atoms with Crippen molar-refractivity contribution < 1.29 is 14.3 Å². The number of nitrogens with zero attached hydrogens (tertiary/aromatic N) is 1. The molecular weight excluding hydrogens is 404 g/mol. The molecule has 0 unspecified atom stereocenters. The lowest BCUT2D eigenvalue weighted by Gasteiger charge is -2.08. The number of rotatable bonds is 5. The maximum atomic E-state index is 12.2. The van der Waals surface area contributed by atoms with Crippen molar-refractivity contribution in [1.82, 2.24) is 0 Å². The lowest BCUT2D eigenvalue weighted by Crippen LogP contribution is -2.21. The van der Waals surface area contributed by atoms with Crippen LogP contribution in [0.4, 0.5) is 5.69 Å². The summed E-state index contributed by atoms with van der Waals surface area (Å²) in [5, 5.41) is 2.93. The molecule has 5 nitrogen and oxygen atoms in total. The number of ether oxygens (including phenoxy) is 1. The molecule has 3 rings (SSSR count). The molecule has 7 heteroatoms. The monoisotopic (exact) mass is 418 g/mol. The molecule has 1 aliphatic heterocycles. The van der Waals surface area contributed by atoms with E-state index in [2.05, 4.69) is 26.2 Å². The Kier molecular flexibility index (Phi) is 5.55. The van der Waals surface area contributed by atoms with Gasteiger partial charge in [0.05, 0.1) is 7.11 Å². The first-order chi connectivity index (χ1) is 12.0. The number of nitrogens with one attached hydrogen (secondary N) is 1. The molecular formula is C18H15BrN2O3S. The van der Waals surface area contributed by atoms with E-state index in [1.807, 2.05) is 36.4 Å². The van der Waals surface area contributed by atoms with Crippen molar-refractivity contribution in [3.63, 3.8) is 0 Å². The highest BCUT2D eigenvalue weighted by molar-refractivity contribution is 9.10. The third kappa shape index (κ3) is 4.49. The Bertz CT molecular complexity index is 819. The molecule has 0 bridgehead atoms. The fourth-order valence-electron chi connectivity index (χ4n) is 2.29. The van der Waals surface area contributed by atoms with Gasteiger partial charge in [-0.15, -0.1) is 0 Å². The van der Waals surface area contributed by atoms with Gasteiger partial charge in [-0.05, 0) is 48.5 Å². The van der Waals surface area contributed by atoms with Crippen LogP contribution in [0.15, 0.2) is 58.0 Å². The van der Waals surface area contributed by atoms with Gasteiger partial charge in [0, 0.05) is 22.1 Å². The fourth-order valence-corrected chi connectivity index (χ4v) is 3.63. The van der Waals surface area contributed by atoms with Crippen molar-refractivity contribution >= 4 is 50.2 Å². The number of aliphatic imine (C=N–C) groups is 1. The van der Waals surface area contributed by atoms with E-state index >= 15 is 0 Å². The summed E-state index contributed by atoms with van der Waals surface area (Å²) in [4.78, 5) is 28.3. The second-order valence-corrected chi connectivity index (χ2v) is 7.46. The molecule has 128 valence electrons. The minimum Gasteiger partial charge on any atom is -0.497 e. The standard InChI is InChI=1S/C18H15BrN2O3S/c1-24-14-8-2-11(3-9-14)18-21-17(23)15(25-18)10-16(22)20-13-6-4-12(19)5-7-13/h2-9,15H,10H2,1H3,(H,20,22)/t15-/m1/s1. The zero-order valence-corrected chi connectivity index (χ0v) is 15.8. The molecule has 0 saturated heterocycles. The molecule has 1 heterocycles.